The van der Waals surface area contributed by atoms with Gasteiger partial charge in [-0.3, -0.25) is 0 Å². The van der Waals surface area contributed by atoms with E-state index in [2.05, 4.69) is 15.3 Å². The first kappa shape index (κ1) is 12.4. The summed E-state index contributed by atoms with van der Waals surface area (Å²) in [6, 6.07) is 8.59. The van der Waals surface area contributed by atoms with Gasteiger partial charge < -0.3 is 27.5 Å². The van der Waals surface area contributed by atoms with E-state index in [0.29, 0.717) is 11.3 Å². The van der Waals surface area contributed by atoms with Crippen molar-refractivity contribution in [2.45, 2.75) is 0 Å². The van der Waals surface area contributed by atoms with Gasteiger partial charge in [-0.05, 0) is 24.3 Å². The van der Waals surface area contributed by atoms with Crippen LogP contribution in [0.25, 0.3) is 0 Å². The zero-order chi connectivity index (χ0) is 13.8. The number of nitrogens with zero attached hydrogens (tertiary/aromatic N) is 3. The third kappa shape index (κ3) is 2.62. The molecule has 1 heterocycles. The van der Waals surface area contributed by atoms with Crippen molar-refractivity contribution in [3.8, 4) is 6.07 Å². The number of nitrogens with two attached hydrogens (primary N) is 2. The van der Waals surface area contributed by atoms with Gasteiger partial charge in [0, 0.05) is 5.69 Å². The van der Waals surface area contributed by atoms with Crippen LogP contribution >= 0.6 is 0 Å². The van der Waals surface area contributed by atoms with Gasteiger partial charge in [0.25, 0.3) is 0 Å². The molecule has 19 heavy (non-hydrogen) atoms. The van der Waals surface area contributed by atoms with E-state index in [1.165, 1.54) is 0 Å². The lowest BCUT2D eigenvalue weighted by Crippen LogP contribution is -2.07. The third-order valence-corrected chi connectivity index (χ3v) is 2.33. The summed E-state index contributed by atoms with van der Waals surface area (Å²) in [6.07, 6.45) is 0. The average molecular weight is 256 g/mol. The monoisotopic (exact) mass is 256 g/mol. The second kappa shape index (κ2) is 5.07. The van der Waals surface area contributed by atoms with Crippen molar-refractivity contribution in [3.63, 3.8) is 0 Å². The van der Waals surface area contributed by atoms with E-state index in [1.807, 2.05) is 6.07 Å². The Kier molecular flexibility index (Phi) is 3.31. The molecule has 96 valence electrons. The van der Waals surface area contributed by atoms with Crippen molar-refractivity contribution in [2.24, 2.45) is 0 Å². The molecular formula is C11H10N7O-. The molecule has 0 saturated carbocycles. The normalized spacial score (nSPS) is 9.68. The van der Waals surface area contributed by atoms with Crippen molar-refractivity contribution in [2.75, 3.05) is 22.3 Å². The van der Waals surface area contributed by atoms with Gasteiger partial charge in [-0.15, -0.1) is 0 Å². The molecule has 0 amide bonds. The molecule has 0 atom stereocenters. The number of nitrogens with one attached hydrogen (secondary N) is 2. The molecule has 6 N–H and O–H groups in total. The van der Waals surface area contributed by atoms with Crippen molar-refractivity contribution >= 4 is 29.0 Å². The smallest absolute Gasteiger partial charge is 0.224 e. The lowest BCUT2D eigenvalue weighted by Gasteiger charge is -2.17. The van der Waals surface area contributed by atoms with Crippen LogP contribution in [0.2, 0.25) is 0 Å². The van der Waals surface area contributed by atoms with Gasteiger partial charge in [0.15, 0.2) is 11.6 Å². The number of nitrogen functional groups attached to an aromatic ring is 2. The molecule has 0 radical (unpaired) electrons. The van der Waals surface area contributed by atoms with Gasteiger partial charge in [-0.1, -0.05) is 0 Å². The number of anilines is 5. The van der Waals surface area contributed by atoms with Crippen LogP contribution in [0.15, 0.2) is 24.3 Å². The zero-order valence-electron chi connectivity index (χ0n) is 9.71. The summed E-state index contributed by atoms with van der Waals surface area (Å²) in [5, 5.41) is 22.4. The van der Waals surface area contributed by atoms with Gasteiger partial charge in [0.2, 0.25) is 5.95 Å². The Hall–Kier alpha value is -3.05. The minimum atomic E-state index is -0.0485. The fraction of sp³-hybridized carbons (Fsp3) is 0. The Morgan fingerprint density at radius 1 is 1.16 bits per heavy atom. The fourth-order valence-corrected chi connectivity index (χ4v) is 1.45. The van der Waals surface area contributed by atoms with Crippen LogP contribution in [-0.4, -0.2) is 9.97 Å². The number of hydrogen-bond donors (Lipinski definition) is 4. The Morgan fingerprint density at radius 2 is 1.84 bits per heavy atom. The van der Waals surface area contributed by atoms with E-state index in [9.17, 15) is 5.21 Å². The molecule has 0 aliphatic rings. The minimum Gasteiger partial charge on any atom is -0.761 e. The first-order chi connectivity index (χ1) is 9.13. The van der Waals surface area contributed by atoms with E-state index in [4.69, 9.17) is 16.7 Å². The quantitative estimate of drug-likeness (QED) is 0.597. The first-order valence-corrected chi connectivity index (χ1v) is 5.22. The summed E-state index contributed by atoms with van der Waals surface area (Å²) < 4.78 is 0. The second-order valence-corrected chi connectivity index (χ2v) is 3.61. The Balaban J connectivity index is 2.34. The summed E-state index contributed by atoms with van der Waals surface area (Å²) in [6.45, 7) is 0. The lowest BCUT2D eigenvalue weighted by atomic mass is 10.2. The van der Waals surface area contributed by atoms with Gasteiger partial charge in [0.05, 0.1) is 11.6 Å². The van der Waals surface area contributed by atoms with Crippen LogP contribution in [-0.2, 0) is 0 Å². The highest BCUT2D eigenvalue weighted by atomic mass is 16.5. The van der Waals surface area contributed by atoms with E-state index >= 15 is 0 Å². The molecule has 0 unspecified atom stereocenters. The maximum atomic E-state index is 10.8. The van der Waals surface area contributed by atoms with Crippen LogP contribution < -0.4 is 22.3 Å². The lowest BCUT2D eigenvalue weighted by molar-refractivity contribution is 1.19. The minimum absolute atomic E-state index is 0.0126. The molecule has 2 aromatic rings. The second-order valence-electron chi connectivity index (χ2n) is 3.61. The zero-order valence-corrected chi connectivity index (χ0v) is 9.71. The van der Waals surface area contributed by atoms with Gasteiger partial charge in [0.1, 0.15) is 5.69 Å². The molecule has 0 bridgehead atoms. The fourth-order valence-electron chi connectivity index (χ4n) is 1.45. The Bertz CT molecular complexity index is 633. The Morgan fingerprint density at radius 3 is 2.42 bits per heavy atom. The van der Waals surface area contributed by atoms with Crippen molar-refractivity contribution in [1.82, 2.24) is 9.97 Å². The van der Waals surface area contributed by atoms with Crippen LogP contribution in [0.4, 0.5) is 29.0 Å². The highest BCUT2D eigenvalue weighted by molar-refractivity contribution is 5.80. The highest BCUT2D eigenvalue weighted by Crippen LogP contribution is 2.28. The van der Waals surface area contributed by atoms with E-state index < -0.39 is 0 Å². The molecule has 0 saturated heterocycles. The van der Waals surface area contributed by atoms with Crippen LogP contribution in [0.1, 0.15) is 5.56 Å². The molecule has 2 rings (SSSR count). The molecule has 0 aliphatic heterocycles. The number of aromatic nitrogens is 2. The molecule has 8 nitrogen and oxygen atoms in total. The molecule has 0 spiro atoms. The average Bonchev–Trinajstić information content (AvgIpc) is 2.39. The van der Waals surface area contributed by atoms with Crippen LogP contribution in [0.3, 0.4) is 0 Å². The van der Waals surface area contributed by atoms with Crippen LogP contribution in [0, 0.1) is 16.5 Å². The molecule has 1 aromatic carbocycles. The number of benzene rings is 1. The molecule has 1 aromatic heterocycles. The number of hydrogen-bond acceptors (Lipinski definition) is 8. The predicted octanol–water partition coefficient (Wildman–Crippen LogP) is 1.17. The first-order valence-electron chi connectivity index (χ1n) is 5.22. The summed E-state index contributed by atoms with van der Waals surface area (Å²) in [7, 11) is 0. The maximum Gasteiger partial charge on any atom is 0.224 e. The van der Waals surface area contributed by atoms with Gasteiger partial charge in [-0.2, -0.15) is 15.2 Å². The van der Waals surface area contributed by atoms with Crippen LogP contribution in [0.5, 0.6) is 0 Å². The predicted molar refractivity (Wildman–Crippen MR) is 72.3 cm³/mol. The number of rotatable bonds is 3. The largest absolute Gasteiger partial charge is 0.761 e. The van der Waals surface area contributed by atoms with E-state index in [1.54, 1.807) is 29.7 Å². The van der Waals surface area contributed by atoms with Crippen molar-refractivity contribution < 1.29 is 0 Å². The maximum absolute atomic E-state index is 10.8. The summed E-state index contributed by atoms with van der Waals surface area (Å²) in [5.74, 6) is 0.0796. The molecule has 0 aliphatic carbocycles. The highest BCUT2D eigenvalue weighted by Gasteiger charge is 2.08. The molecule has 8 heteroatoms. The van der Waals surface area contributed by atoms with Gasteiger partial charge >= 0.3 is 0 Å². The standard InChI is InChI=1S/C11H10N7O/c12-5-6-1-3-7(4-2-6)15-10-8(18-19)9(13)16-11(14)17-10/h1-4,18H,(H5,13,14,15,16,17)/q-1. The topological polar surface area (TPSA) is 149 Å². The number of nitriles is 1. The van der Waals surface area contributed by atoms with Gasteiger partial charge in [-0.25, -0.2) is 0 Å². The summed E-state index contributed by atoms with van der Waals surface area (Å²) in [4.78, 5) is 7.56. The van der Waals surface area contributed by atoms with Crippen molar-refractivity contribution in [3.05, 3.63) is 35.0 Å². The molecular weight excluding hydrogens is 246 g/mol. The van der Waals surface area contributed by atoms with E-state index in [-0.39, 0.29) is 23.3 Å². The SMILES string of the molecule is N#Cc1ccc(Nc2nc(N)nc(N)c2N[O-])cc1. The van der Waals surface area contributed by atoms with E-state index in [0.717, 1.165) is 0 Å². The summed E-state index contributed by atoms with van der Waals surface area (Å²) >= 11 is 0. The Labute approximate surface area is 108 Å². The molecule has 0 fully saturated rings. The van der Waals surface area contributed by atoms with Crippen molar-refractivity contribution in [1.29, 1.82) is 5.26 Å². The third-order valence-electron chi connectivity index (χ3n) is 2.33. The summed E-state index contributed by atoms with van der Waals surface area (Å²) in [5.41, 5.74) is 13.9.